The number of esters is 1. The van der Waals surface area contributed by atoms with E-state index >= 15 is 0 Å². The van der Waals surface area contributed by atoms with Crippen molar-refractivity contribution in [1.29, 1.82) is 0 Å². The minimum atomic E-state index is -0.295. The molecule has 1 N–H and O–H groups in total. The number of carbonyl (C=O) groups excluding carboxylic acids is 3. The van der Waals surface area contributed by atoms with Gasteiger partial charge in [-0.2, -0.15) is 0 Å². The molecule has 35 heavy (non-hydrogen) atoms. The molecule has 0 saturated heterocycles. The molecule has 4 aliphatic carbocycles. The Morgan fingerprint density at radius 2 is 1.57 bits per heavy atom. The van der Waals surface area contributed by atoms with Gasteiger partial charge in [0.15, 0.2) is 0 Å². The molecular weight excluding hydrogens is 440 g/mol. The smallest absolute Gasteiger partial charge is 0.317 e. The number of imide groups is 1. The van der Waals surface area contributed by atoms with Crippen molar-refractivity contribution >= 4 is 28.7 Å². The monoisotopic (exact) mass is 468 g/mol. The molecule has 4 saturated carbocycles. The Balaban J connectivity index is 1.09. The van der Waals surface area contributed by atoms with Crippen molar-refractivity contribution in [2.45, 2.75) is 44.9 Å². The van der Waals surface area contributed by atoms with E-state index in [1.807, 2.05) is 24.4 Å². The summed E-state index contributed by atoms with van der Waals surface area (Å²) in [4.78, 5) is 43.4. The van der Waals surface area contributed by atoms with E-state index in [4.69, 9.17) is 4.74 Å². The zero-order valence-corrected chi connectivity index (χ0v) is 19.6. The molecule has 1 aromatic heterocycles. The predicted molar refractivity (Wildman–Crippen MR) is 130 cm³/mol. The van der Waals surface area contributed by atoms with Crippen LogP contribution in [-0.2, 0) is 11.2 Å². The fourth-order valence-corrected chi connectivity index (χ4v) is 7.68. The topological polar surface area (TPSA) is 79.5 Å². The maximum atomic E-state index is 13.4. The number of hydrogen-bond donors (Lipinski definition) is 1. The van der Waals surface area contributed by atoms with Crippen LogP contribution in [-0.4, -0.2) is 34.2 Å². The molecule has 2 aromatic carbocycles. The molecule has 6 heteroatoms. The van der Waals surface area contributed by atoms with Gasteiger partial charge in [0.05, 0.1) is 16.5 Å². The molecule has 8 rings (SSSR count). The maximum absolute atomic E-state index is 13.4. The molecule has 5 aliphatic rings. The highest BCUT2D eigenvalue weighted by Gasteiger charge is 2.55. The first-order chi connectivity index (χ1) is 17.0. The zero-order valence-electron chi connectivity index (χ0n) is 19.6. The highest BCUT2D eigenvalue weighted by atomic mass is 16.5. The lowest BCUT2D eigenvalue weighted by atomic mass is 9.49. The third kappa shape index (κ3) is 3.26. The predicted octanol–water partition coefficient (Wildman–Crippen LogP) is 5.13. The van der Waals surface area contributed by atoms with Crippen LogP contribution in [0.2, 0.25) is 0 Å². The van der Waals surface area contributed by atoms with Gasteiger partial charge in [0, 0.05) is 23.6 Å². The average molecular weight is 469 g/mol. The highest BCUT2D eigenvalue weighted by Crippen LogP contribution is 2.60. The second-order valence-corrected chi connectivity index (χ2v) is 11.2. The molecule has 4 bridgehead atoms. The van der Waals surface area contributed by atoms with Crippen molar-refractivity contribution in [2.75, 3.05) is 6.54 Å². The number of hydrogen-bond acceptors (Lipinski definition) is 4. The molecule has 6 nitrogen and oxygen atoms in total. The first kappa shape index (κ1) is 20.9. The van der Waals surface area contributed by atoms with Crippen LogP contribution in [0.25, 0.3) is 10.9 Å². The van der Waals surface area contributed by atoms with Crippen LogP contribution < -0.4 is 4.74 Å². The standard InChI is InChI=1S/C29H28N2O4/c32-26-22-3-1-2-4-23(22)27(33)31(26)8-7-20-16-30-25-6-5-21(12-24(20)25)35-28(34)29-13-17-9-18(14-29)11-19(10-17)15-29/h1-6,12,16-19,30H,7-11,13-15H2. The average Bonchev–Trinajstić information content (AvgIpc) is 3.35. The Hall–Kier alpha value is -3.41. The van der Waals surface area contributed by atoms with E-state index in [9.17, 15) is 14.4 Å². The molecule has 3 aromatic rings. The highest BCUT2D eigenvalue weighted by molar-refractivity contribution is 6.21. The number of carbonyl (C=O) groups is 3. The summed E-state index contributed by atoms with van der Waals surface area (Å²) in [6, 6.07) is 12.7. The summed E-state index contributed by atoms with van der Waals surface area (Å²) in [5.41, 5.74) is 2.57. The van der Waals surface area contributed by atoms with Gasteiger partial charge in [0.1, 0.15) is 5.75 Å². The van der Waals surface area contributed by atoms with Crippen molar-refractivity contribution in [2.24, 2.45) is 23.2 Å². The van der Waals surface area contributed by atoms with Crippen molar-refractivity contribution < 1.29 is 19.1 Å². The molecule has 0 radical (unpaired) electrons. The first-order valence-corrected chi connectivity index (χ1v) is 12.8. The van der Waals surface area contributed by atoms with Crippen LogP contribution in [0.4, 0.5) is 0 Å². The third-order valence-electron chi connectivity index (χ3n) is 8.90. The molecule has 178 valence electrons. The van der Waals surface area contributed by atoms with Crippen LogP contribution in [0.1, 0.15) is 64.8 Å². The SMILES string of the molecule is O=C1c2ccccc2C(=O)N1CCc1c[nH]c2ccc(OC(=O)C34CC5CC(CC(C5)C3)C4)cc12. The van der Waals surface area contributed by atoms with Crippen molar-refractivity contribution in [1.82, 2.24) is 9.88 Å². The van der Waals surface area contributed by atoms with Gasteiger partial charge in [-0.15, -0.1) is 0 Å². The Kier molecular flexibility index (Phi) is 4.51. The molecule has 4 fully saturated rings. The summed E-state index contributed by atoms with van der Waals surface area (Å²) in [6.07, 6.45) is 9.25. The van der Waals surface area contributed by atoms with Gasteiger partial charge in [-0.1, -0.05) is 12.1 Å². The van der Waals surface area contributed by atoms with E-state index in [1.54, 1.807) is 24.3 Å². The van der Waals surface area contributed by atoms with E-state index in [0.29, 0.717) is 47.6 Å². The van der Waals surface area contributed by atoms with E-state index in [2.05, 4.69) is 4.98 Å². The number of H-pyrrole nitrogens is 1. The summed E-state index contributed by atoms with van der Waals surface area (Å²) in [7, 11) is 0. The first-order valence-electron chi connectivity index (χ1n) is 12.8. The van der Waals surface area contributed by atoms with Crippen LogP contribution in [0, 0.1) is 23.2 Å². The van der Waals surface area contributed by atoms with E-state index in [1.165, 1.54) is 24.2 Å². The van der Waals surface area contributed by atoms with Gasteiger partial charge in [-0.25, -0.2) is 0 Å². The minimum absolute atomic E-state index is 0.0564. The van der Waals surface area contributed by atoms with Gasteiger partial charge in [-0.3, -0.25) is 19.3 Å². The number of aromatic amines is 1. The second-order valence-electron chi connectivity index (χ2n) is 11.2. The normalized spacial score (nSPS) is 28.7. The molecule has 2 amide bonds. The Bertz CT molecular complexity index is 1320. The molecule has 1 aliphatic heterocycles. The molecule has 0 unspecified atom stereocenters. The molecule has 2 heterocycles. The van der Waals surface area contributed by atoms with Crippen molar-refractivity contribution in [3.8, 4) is 5.75 Å². The van der Waals surface area contributed by atoms with E-state index < -0.39 is 0 Å². The van der Waals surface area contributed by atoms with Gasteiger partial charge < -0.3 is 9.72 Å². The van der Waals surface area contributed by atoms with Gasteiger partial charge >= 0.3 is 5.97 Å². The Morgan fingerprint density at radius 3 is 2.20 bits per heavy atom. The Morgan fingerprint density at radius 1 is 0.943 bits per heavy atom. The molecule has 0 atom stereocenters. The summed E-state index contributed by atoms with van der Waals surface area (Å²) in [5, 5.41) is 0.956. The largest absolute Gasteiger partial charge is 0.426 e. The maximum Gasteiger partial charge on any atom is 0.317 e. The molecular formula is C29H28N2O4. The fraction of sp³-hybridized carbons (Fsp3) is 0.414. The number of benzene rings is 2. The lowest BCUT2D eigenvalue weighted by Crippen LogP contribution is -2.51. The summed E-state index contributed by atoms with van der Waals surface area (Å²) >= 11 is 0. The number of ether oxygens (including phenoxy) is 1. The number of aromatic nitrogens is 1. The number of nitrogens with one attached hydrogen (secondary N) is 1. The number of amides is 2. The van der Waals surface area contributed by atoms with E-state index in [0.717, 1.165) is 35.7 Å². The van der Waals surface area contributed by atoms with Crippen LogP contribution in [0.5, 0.6) is 5.75 Å². The lowest BCUT2D eigenvalue weighted by Gasteiger charge is -2.55. The second kappa shape index (κ2) is 7.54. The van der Waals surface area contributed by atoms with Gasteiger partial charge in [0.2, 0.25) is 0 Å². The Labute approximate surface area is 203 Å². The molecule has 0 spiro atoms. The van der Waals surface area contributed by atoms with Gasteiger partial charge in [0.25, 0.3) is 11.8 Å². The van der Waals surface area contributed by atoms with Crippen LogP contribution in [0.15, 0.2) is 48.7 Å². The zero-order chi connectivity index (χ0) is 23.7. The summed E-state index contributed by atoms with van der Waals surface area (Å²) in [6.45, 7) is 0.302. The summed E-state index contributed by atoms with van der Waals surface area (Å²) < 4.78 is 6.01. The van der Waals surface area contributed by atoms with Gasteiger partial charge in [-0.05, 0) is 98.6 Å². The summed E-state index contributed by atoms with van der Waals surface area (Å²) in [5.74, 6) is 2.10. The van der Waals surface area contributed by atoms with Crippen LogP contribution >= 0.6 is 0 Å². The quantitative estimate of drug-likeness (QED) is 0.320. The van der Waals surface area contributed by atoms with Crippen molar-refractivity contribution in [3.63, 3.8) is 0 Å². The van der Waals surface area contributed by atoms with Crippen LogP contribution in [0.3, 0.4) is 0 Å². The number of fused-ring (bicyclic) bond motifs is 2. The van der Waals surface area contributed by atoms with E-state index in [-0.39, 0.29) is 23.2 Å². The lowest BCUT2D eigenvalue weighted by molar-refractivity contribution is -0.161. The third-order valence-corrected chi connectivity index (χ3v) is 8.90. The number of rotatable bonds is 5. The minimum Gasteiger partial charge on any atom is -0.426 e. The fourth-order valence-electron chi connectivity index (χ4n) is 7.68. The van der Waals surface area contributed by atoms with Crippen molar-refractivity contribution in [3.05, 3.63) is 65.4 Å². The number of nitrogens with zero attached hydrogens (tertiary/aromatic N) is 1.